The van der Waals surface area contributed by atoms with Crippen LogP contribution in [-0.4, -0.2) is 56.5 Å². The van der Waals surface area contributed by atoms with Crippen LogP contribution in [0.3, 0.4) is 0 Å². The molecule has 6 atom stereocenters. The van der Waals surface area contributed by atoms with Gasteiger partial charge >= 0.3 is 19.4 Å². The van der Waals surface area contributed by atoms with E-state index in [4.69, 9.17) is 41.7 Å². The first-order chi connectivity index (χ1) is 17.9. The number of nitrogens with zero attached hydrogens (tertiary/aromatic N) is 1. The molecule has 1 aromatic heterocycles. The Morgan fingerprint density at radius 2 is 1.97 bits per heavy atom. The molecule has 3 N–H and O–H groups in total. The van der Waals surface area contributed by atoms with Crippen LogP contribution in [0.1, 0.15) is 27.0 Å². The lowest BCUT2D eigenvalue weighted by atomic mass is 9.99. The summed E-state index contributed by atoms with van der Waals surface area (Å²) in [7, 11) is -4.30. The van der Waals surface area contributed by atoms with Crippen LogP contribution in [-0.2, 0) is 23.4 Å². The van der Waals surface area contributed by atoms with E-state index in [0.29, 0.717) is 0 Å². The third kappa shape index (κ3) is 7.07. The molecule has 1 aromatic carbocycles. The SMILES string of the molecule is CC(C)OC(=O)[C@H](C)NP(=O)(OC[C@H]1O[C@@H](n2ccc(=O)[nH]c2=O)C(Cl)(C#CCl)[C@H]1O)Oc1ccccc1. The first-order valence-electron chi connectivity index (χ1n) is 11.3. The van der Waals surface area contributed by atoms with Gasteiger partial charge in [-0.25, -0.2) is 9.36 Å². The van der Waals surface area contributed by atoms with Crippen LogP contribution in [0.2, 0.25) is 0 Å². The van der Waals surface area contributed by atoms with E-state index in [9.17, 15) is 24.1 Å². The zero-order valence-electron chi connectivity index (χ0n) is 20.5. The second-order valence-corrected chi connectivity index (χ2v) is 11.0. The predicted octanol–water partition coefficient (Wildman–Crippen LogP) is 2.11. The van der Waals surface area contributed by atoms with Gasteiger partial charge in [-0.3, -0.25) is 23.7 Å². The summed E-state index contributed by atoms with van der Waals surface area (Å²) < 4.78 is 36.7. The molecule has 15 heteroatoms. The average molecular weight is 590 g/mol. The molecule has 0 bridgehead atoms. The Morgan fingerprint density at radius 3 is 2.58 bits per heavy atom. The fourth-order valence-corrected chi connectivity index (χ4v) is 5.53. The summed E-state index contributed by atoms with van der Waals surface area (Å²) in [6.07, 6.45) is -3.65. The molecule has 0 aliphatic carbocycles. The number of aromatic nitrogens is 2. The summed E-state index contributed by atoms with van der Waals surface area (Å²) in [5.41, 5.74) is -1.54. The Labute approximate surface area is 227 Å². The molecule has 206 valence electrons. The van der Waals surface area contributed by atoms with Crippen molar-refractivity contribution in [3.05, 3.63) is 63.4 Å². The molecule has 38 heavy (non-hydrogen) atoms. The summed E-state index contributed by atoms with van der Waals surface area (Å²) in [4.78, 5) is 36.3. The van der Waals surface area contributed by atoms with Crippen LogP contribution >= 0.6 is 30.9 Å². The summed E-state index contributed by atoms with van der Waals surface area (Å²) in [6.45, 7) is 4.14. The molecule has 3 rings (SSSR count). The van der Waals surface area contributed by atoms with Crippen molar-refractivity contribution in [2.45, 2.75) is 56.2 Å². The Hall–Kier alpha value is -2.62. The summed E-state index contributed by atoms with van der Waals surface area (Å²) >= 11 is 12.1. The van der Waals surface area contributed by atoms with Gasteiger partial charge in [-0.1, -0.05) is 35.7 Å². The molecule has 2 heterocycles. The maximum absolute atomic E-state index is 13.7. The van der Waals surface area contributed by atoms with Crippen molar-refractivity contribution >= 4 is 36.9 Å². The van der Waals surface area contributed by atoms with Gasteiger partial charge in [0, 0.05) is 17.6 Å². The molecule has 0 spiro atoms. The first-order valence-corrected chi connectivity index (χ1v) is 13.6. The zero-order valence-corrected chi connectivity index (χ0v) is 22.9. The molecular formula is C23H26Cl2N3O9P. The van der Waals surface area contributed by atoms with Crippen molar-refractivity contribution in [2.24, 2.45) is 0 Å². The highest BCUT2D eigenvalue weighted by Gasteiger charge is 2.56. The molecule has 2 unspecified atom stereocenters. The van der Waals surface area contributed by atoms with E-state index in [-0.39, 0.29) is 5.75 Å². The fraction of sp³-hybridized carbons (Fsp3) is 0.435. The Morgan fingerprint density at radius 1 is 1.29 bits per heavy atom. The number of ether oxygens (including phenoxy) is 2. The number of aliphatic hydroxyl groups excluding tert-OH is 1. The highest BCUT2D eigenvalue weighted by Crippen LogP contribution is 2.48. The van der Waals surface area contributed by atoms with Crippen molar-refractivity contribution < 1.29 is 33.0 Å². The monoisotopic (exact) mass is 589 g/mol. The lowest BCUT2D eigenvalue weighted by Crippen LogP contribution is -2.44. The van der Waals surface area contributed by atoms with E-state index < -0.39 is 67.0 Å². The third-order valence-corrected chi connectivity index (χ3v) is 7.47. The minimum absolute atomic E-state index is 0.165. The lowest BCUT2D eigenvalue weighted by molar-refractivity contribution is -0.149. The minimum Gasteiger partial charge on any atom is -0.462 e. The molecule has 1 fully saturated rings. The molecule has 2 aromatic rings. The van der Waals surface area contributed by atoms with E-state index in [2.05, 4.69) is 21.4 Å². The van der Waals surface area contributed by atoms with Crippen LogP contribution in [0.25, 0.3) is 0 Å². The highest BCUT2D eigenvalue weighted by atomic mass is 35.5. The second kappa shape index (κ2) is 12.5. The van der Waals surface area contributed by atoms with E-state index >= 15 is 0 Å². The molecule has 12 nitrogen and oxygen atoms in total. The number of carbonyl (C=O) groups excluding carboxylic acids is 1. The zero-order chi connectivity index (χ0) is 28.1. The topological polar surface area (TPSA) is 158 Å². The van der Waals surface area contributed by atoms with Crippen LogP contribution in [0.4, 0.5) is 0 Å². The molecule has 1 aliphatic rings. The predicted molar refractivity (Wildman–Crippen MR) is 138 cm³/mol. The van der Waals surface area contributed by atoms with E-state index in [0.717, 1.165) is 16.8 Å². The summed E-state index contributed by atoms with van der Waals surface area (Å²) in [6, 6.07) is 7.98. The molecule has 0 radical (unpaired) electrons. The number of benzene rings is 1. The van der Waals surface area contributed by atoms with Gasteiger partial charge < -0.3 is 19.1 Å². The number of rotatable bonds is 10. The number of aromatic amines is 1. The highest BCUT2D eigenvalue weighted by molar-refractivity contribution is 7.52. The number of aliphatic hydroxyl groups is 1. The molecule has 1 saturated heterocycles. The molecular weight excluding hydrogens is 564 g/mol. The third-order valence-electron chi connectivity index (χ3n) is 5.22. The van der Waals surface area contributed by atoms with Gasteiger partial charge in [0.2, 0.25) is 0 Å². The van der Waals surface area contributed by atoms with Crippen LogP contribution in [0, 0.1) is 11.3 Å². The normalized spacial score (nSPS) is 25.2. The maximum atomic E-state index is 13.7. The summed E-state index contributed by atoms with van der Waals surface area (Å²) in [5.74, 6) is 1.88. The van der Waals surface area contributed by atoms with Gasteiger partial charge in [0.25, 0.3) is 5.56 Å². The number of alkyl halides is 1. The number of halogens is 2. The molecule has 0 saturated carbocycles. The van der Waals surface area contributed by atoms with Gasteiger partial charge in [-0.15, -0.1) is 0 Å². The second-order valence-electron chi connectivity index (χ2n) is 8.51. The van der Waals surface area contributed by atoms with Crippen LogP contribution < -0.4 is 20.9 Å². The average Bonchev–Trinajstić information content (AvgIpc) is 3.08. The number of esters is 1. The fourth-order valence-electron chi connectivity index (χ4n) is 3.48. The van der Waals surface area contributed by atoms with Gasteiger partial charge in [0.05, 0.1) is 12.7 Å². The number of nitrogens with one attached hydrogen (secondary N) is 2. The van der Waals surface area contributed by atoms with Crippen molar-refractivity contribution in [2.75, 3.05) is 6.61 Å². The molecule has 1 aliphatic heterocycles. The Kier molecular flexibility index (Phi) is 9.84. The standard InChI is InChI=1S/C23H26Cl2N3O9P/c1-14(2)35-20(31)15(3)27-38(33,37-16-7-5-4-6-8-16)34-13-17-19(30)23(25,10-11-24)21(36-17)28-12-9-18(29)26-22(28)32/h4-9,12,14-15,17,19,21,30H,13H2,1-3H3,(H,27,33)(H,26,29,32)/t15-,17+,19-,21+,23?,38?/m0/s1. The largest absolute Gasteiger partial charge is 0.462 e. The summed E-state index contributed by atoms with van der Waals surface area (Å²) in [5, 5.41) is 15.5. The van der Waals surface area contributed by atoms with Gasteiger partial charge in [0.15, 0.2) is 11.1 Å². The minimum atomic E-state index is -4.30. The van der Waals surface area contributed by atoms with E-state index in [1.54, 1.807) is 32.0 Å². The van der Waals surface area contributed by atoms with Crippen LogP contribution in [0.5, 0.6) is 5.75 Å². The van der Waals surface area contributed by atoms with Gasteiger partial charge in [-0.05, 0) is 44.5 Å². The quantitative estimate of drug-likeness (QED) is 0.162. The van der Waals surface area contributed by atoms with E-state index in [1.165, 1.54) is 19.1 Å². The number of hydrogen-bond donors (Lipinski definition) is 3. The number of H-pyrrole nitrogens is 1. The van der Waals surface area contributed by atoms with Crippen LogP contribution in [0.15, 0.2) is 52.2 Å². The number of para-hydroxylation sites is 1. The van der Waals surface area contributed by atoms with Crippen molar-refractivity contribution in [1.82, 2.24) is 14.6 Å². The van der Waals surface area contributed by atoms with Gasteiger partial charge in [-0.2, -0.15) is 5.09 Å². The Balaban J connectivity index is 1.86. The first kappa shape index (κ1) is 29.9. The van der Waals surface area contributed by atoms with Crippen molar-refractivity contribution in [3.63, 3.8) is 0 Å². The molecule has 0 amide bonds. The van der Waals surface area contributed by atoms with Crippen molar-refractivity contribution in [3.8, 4) is 17.0 Å². The number of hydrogen-bond acceptors (Lipinski definition) is 9. The smallest absolute Gasteiger partial charge is 0.459 e. The Bertz CT molecular complexity index is 1360. The van der Waals surface area contributed by atoms with Gasteiger partial charge in [0.1, 0.15) is 24.0 Å². The van der Waals surface area contributed by atoms with E-state index in [1.807, 2.05) is 0 Å². The van der Waals surface area contributed by atoms with Crippen molar-refractivity contribution in [1.29, 1.82) is 0 Å². The maximum Gasteiger partial charge on any atom is 0.459 e. The lowest BCUT2D eigenvalue weighted by Gasteiger charge is -2.26. The number of carbonyl (C=O) groups is 1.